The fraction of sp³-hybridized carbons (Fsp3) is 0.692. The van der Waals surface area contributed by atoms with Gasteiger partial charge in [0.25, 0.3) is 0 Å². The molecule has 3 amide bonds. The molecule has 2 fully saturated rings. The van der Waals surface area contributed by atoms with Gasteiger partial charge in [0.2, 0.25) is 17.7 Å². The van der Waals surface area contributed by atoms with Gasteiger partial charge >= 0.3 is 0 Å². The molecule has 9 nitrogen and oxygen atoms in total. The van der Waals surface area contributed by atoms with Crippen molar-refractivity contribution in [2.45, 2.75) is 71.9 Å². The van der Waals surface area contributed by atoms with Gasteiger partial charge in [0.05, 0.1) is 0 Å². The van der Waals surface area contributed by atoms with Crippen molar-refractivity contribution in [1.82, 2.24) is 25.6 Å². The zero-order valence-corrected chi connectivity index (χ0v) is 21.3. The molecule has 2 aliphatic rings. The molecule has 1 saturated carbocycles. The van der Waals surface area contributed by atoms with Crippen LogP contribution in [-0.4, -0.2) is 69.9 Å². The lowest BCUT2D eigenvalue weighted by Gasteiger charge is -2.40. The minimum atomic E-state index is -0.692. The Hall–Kier alpha value is -2.52. The number of hydroxylamine groups is 1. The Morgan fingerprint density at radius 2 is 1.83 bits per heavy atom. The van der Waals surface area contributed by atoms with Crippen LogP contribution in [0.5, 0.6) is 0 Å². The van der Waals surface area contributed by atoms with E-state index in [2.05, 4.69) is 21.3 Å². The lowest BCUT2D eigenvalue weighted by Crippen LogP contribution is -2.59. The van der Waals surface area contributed by atoms with Crippen LogP contribution in [0.1, 0.15) is 64.9 Å². The maximum atomic E-state index is 13.6. The molecule has 3 rings (SSSR count). The van der Waals surface area contributed by atoms with Gasteiger partial charge in [-0.15, -0.1) is 0 Å². The number of carbonyl (C=O) groups excluding carboxylic acids is 3. The Labute approximate surface area is 208 Å². The number of amides is 3. The second-order valence-corrected chi connectivity index (χ2v) is 11.1. The number of pyridine rings is 1. The highest BCUT2D eigenvalue weighted by molar-refractivity contribution is 5.91. The number of piperazine rings is 1. The van der Waals surface area contributed by atoms with E-state index >= 15 is 0 Å². The van der Waals surface area contributed by atoms with Crippen LogP contribution in [0.4, 0.5) is 0 Å². The van der Waals surface area contributed by atoms with E-state index in [-0.39, 0.29) is 18.2 Å². The molecule has 1 aliphatic carbocycles. The first-order valence-electron chi connectivity index (χ1n) is 12.8. The highest BCUT2D eigenvalue weighted by atomic mass is 16.5. The molecular weight excluding hydrogens is 446 g/mol. The monoisotopic (exact) mass is 487 g/mol. The smallest absolute Gasteiger partial charge is 0.245 e. The minimum Gasteiger partial charge on any atom is -0.344 e. The van der Waals surface area contributed by atoms with E-state index < -0.39 is 23.3 Å². The van der Waals surface area contributed by atoms with E-state index in [1.165, 1.54) is 0 Å². The molecule has 0 aromatic carbocycles. The maximum Gasteiger partial charge on any atom is 0.245 e. The molecule has 0 spiro atoms. The van der Waals surface area contributed by atoms with Gasteiger partial charge in [-0.3, -0.25) is 29.5 Å². The average molecular weight is 488 g/mol. The van der Waals surface area contributed by atoms with Crippen molar-refractivity contribution in [1.29, 1.82) is 0 Å². The van der Waals surface area contributed by atoms with Crippen LogP contribution in [0.3, 0.4) is 0 Å². The molecule has 2 atom stereocenters. The molecule has 0 radical (unpaired) electrons. The Morgan fingerprint density at radius 3 is 2.40 bits per heavy atom. The summed E-state index contributed by atoms with van der Waals surface area (Å²) in [5, 5.41) is 12.0. The van der Waals surface area contributed by atoms with Crippen molar-refractivity contribution >= 4 is 17.7 Å². The van der Waals surface area contributed by atoms with Gasteiger partial charge < -0.3 is 10.2 Å². The van der Waals surface area contributed by atoms with Gasteiger partial charge in [-0.05, 0) is 29.4 Å². The molecule has 35 heavy (non-hydrogen) atoms. The van der Waals surface area contributed by atoms with Gasteiger partial charge in [0.15, 0.2) is 0 Å². The minimum absolute atomic E-state index is 0.0851. The van der Waals surface area contributed by atoms with Crippen LogP contribution < -0.4 is 10.8 Å². The fourth-order valence-electron chi connectivity index (χ4n) is 5.17. The summed E-state index contributed by atoms with van der Waals surface area (Å²) in [7, 11) is 0. The van der Waals surface area contributed by atoms with E-state index in [0.717, 1.165) is 50.9 Å². The molecular formula is C26H41N5O4. The number of hydrogen-bond acceptors (Lipinski definition) is 6. The van der Waals surface area contributed by atoms with Gasteiger partial charge in [-0.1, -0.05) is 52.5 Å². The van der Waals surface area contributed by atoms with Crippen LogP contribution >= 0.6 is 0 Å². The molecule has 1 saturated heterocycles. The van der Waals surface area contributed by atoms with Gasteiger partial charge in [-0.25, -0.2) is 5.48 Å². The predicted molar refractivity (Wildman–Crippen MR) is 132 cm³/mol. The Morgan fingerprint density at radius 1 is 1.14 bits per heavy atom. The number of nitrogens with one attached hydrogen (secondary N) is 2. The van der Waals surface area contributed by atoms with E-state index in [1.54, 1.807) is 11.7 Å². The second-order valence-electron chi connectivity index (χ2n) is 11.1. The number of nitrogens with zero attached hydrogens (tertiary/aromatic N) is 3. The summed E-state index contributed by atoms with van der Waals surface area (Å²) in [6, 6.07) is 3.29. The molecule has 1 aromatic heterocycles. The molecule has 9 heteroatoms. The van der Waals surface area contributed by atoms with Crippen LogP contribution in [0, 0.1) is 17.3 Å². The molecule has 2 heterocycles. The lowest BCUT2D eigenvalue weighted by molar-refractivity contribution is -0.142. The summed E-state index contributed by atoms with van der Waals surface area (Å²) < 4.78 is 0. The van der Waals surface area contributed by atoms with Crippen molar-refractivity contribution in [3.05, 3.63) is 30.1 Å². The summed E-state index contributed by atoms with van der Waals surface area (Å²) in [6.07, 6.45) is 8.51. The highest BCUT2D eigenvalue weighted by Crippen LogP contribution is 2.32. The number of aromatic nitrogens is 1. The lowest BCUT2D eigenvalue weighted by atomic mass is 9.84. The standard InChI is InChI=1S/C26H41N5O4/c1-26(2,3)23(28-24(33)21(16-22(32)29-35)15-19-7-4-5-8-19)25(34)31-13-11-30(12-14-31)18-20-9-6-10-27-17-20/h6,9-10,17,19,21,23,35H,4-5,7-8,11-16,18H2,1-3H3,(H,28,33)(H,29,32)/t21-,23?/m1/s1. The Balaban J connectivity index is 1.62. The van der Waals surface area contributed by atoms with Gasteiger partial charge in [0.1, 0.15) is 6.04 Å². The topological polar surface area (TPSA) is 115 Å². The van der Waals surface area contributed by atoms with Crippen LogP contribution in [0.15, 0.2) is 24.5 Å². The summed E-state index contributed by atoms with van der Waals surface area (Å²) in [5.41, 5.74) is 2.31. The van der Waals surface area contributed by atoms with Crippen molar-refractivity contribution < 1.29 is 19.6 Å². The highest BCUT2D eigenvalue weighted by Gasteiger charge is 2.38. The first kappa shape index (κ1) is 27.1. The quantitative estimate of drug-likeness (QED) is 0.364. The third-order valence-electron chi connectivity index (χ3n) is 7.23. The summed E-state index contributed by atoms with van der Waals surface area (Å²) in [4.78, 5) is 47.1. The van der Waals surface area contributed by atoms with Crippen molar-refractivity contribution in [3.63, 3.8) is 0 Å². The first-order valence-corrected chi connectivity index (χ1v) is 12.8. The molecule has 1 aromatic rings. The summed E-state index contributed by atoms with van der Waals surface area (Å²) >= 11 is 0. The van der Waals surface area contributed by atoms with E-state index in [1.807, 2.05) is 37.9 Å². The zero-order valence-electron chi connectivity index (χ0n) is 21.3. The molecule has 0 bridgehead atoms. The number of carbonyl (C=O) groups is 3. The van der Waals surface area contributed by atoms with E-state index in [9.17, 15) is 14.4 Å². The third-order valence-corrected chi connectivity index (χ3v) is 7.23. The normalized spacial score (nSPS) is 19.3. The third kappa shape index (κ3) is 8.00. The number of hydrogen-bond donors (Lipinski definition) is 3. The van der Waals surface area contributed by atoms with Crippen LogP contribution in [0.25, 0.3) is 0 Å². The summed E-state index contributed by atoms with van der Waals surface area (Å²) in [6.45, 7) is 9.34. The second kappa shape index (κ2) is 12.4. The molecule has 1 unspecified atom stereocenters. The Bertz CT molecular complexity index is 843. The SMILES string of the molecule is CC(C)(C)C(NC(=O)[C@@H](CC(=O)NO)CC1CCCC1)C(=O)N1CCN(Cc2cccnc2)CC1. The molecule has 3 N–H and O–H groups in total. The first-order chi connectivity index (χ1) is 16.7. The largest absolute Gasteiger partial charge is 0.344 e. The van der Waals surface area contributed by atoms with Crippen molar-refractivity contribution in [2.24, 2.45) is 17.3 Å². The molecule has 1 aliphatic heterocycles. The van der Waals surface area contributed by atoms with Crippen molar-refractivity contribution in [3.8, 4) is 0 Å². The zero-order chi connectivity index (χ0) is 25.4. The maximum absolute atomic E-state index is 13.6. The van der Waals surface area contributed by atoms with Crippen LogP contribution in [0.2, 0.25) is 0 Å². The fourth-order valence-corrected chi connectivity index (χ4v) is 5.17. The summed E-state index contributed by atoms with van der Waals surface area (Å²) in [5.74, 6) is -1.12. The van der Waals surface area contributed by atoms with Crippen molar-refractivity contribution in [2.75, 3.05) is 26.2 Å². The van der Waals surface area contributed by atoms with Gasteiger partial charge in [-0.2, -0.15) is 0 Å². The average Bonchev–Trinajstić information content (AvgIpc) is 3.35. The van der Waals surface area contributed by atoms with Gasteiger partial charge in [0, 0.05) is 57.5 Å². The predicted octanol–water partition coefficient (Wildman–Crippen LogP) is 2.35. The van der Waals surface area contributed by atoms with Crippen LogP contribution in [-0.2, 0) is 20.9 Å². The van der Waals surface area contributed by atoms with E-state index in [0.29, 0.717) is 25.4 Å². The van der Waals surface area contributed by atoms with E-state index in [4.69, 9.17) is 5.21 Å². The Kier molecular flexibility index (Phi) is 9.63. The number of rotatable bonds is 9. The molecule has 194 valence electrons.